The molecule has 0 radical (unpaired) electrons. The Bertz CT molecular complexity index is 522. The number of aliphatic imine (C=N–C) groups is 1. The molecule has 1 aliphatic heterocycles. The van der Waals surface area contributed by atoms with Crippen LogP contribution in [0.1, 0.15) is 37.3 Å². The first-order valence-electron chi connectivity index (χ1n) is 8.57. The highest BCUT2D eigenvalue weighted by Crippen LogP contribution is 2.11. The highest BCUT2D eigenvalue weighted by atomic mass is 19.1. The maximum Gasteiger partial charge on any atom is 0.191 e. The molecular weight excluding hydrogens is 291 g/mol. The summed E-state index contributed by atoms with van der Waals surface area (Å²) in [5.74, 6) is 0.663. The molecule has 1 aromatic rings. The predicted molar refractivity (Wildman–Crippen MR) is 94.2 cm³/mol. The molecule has 128 valence electrons. The van der Waals surface area contributed by atoms with E-state index in [1.54, 1.807) is 14.0 Å². The third-order valence-electron chi connectivity index (χ3n) is 4.37. The quantitative estimate of drug-likeness (QED) is 0.647. The molecule has 0 atom stereocenters. The van der Waals surface area contributed by atoms with Crippen molar-refractivity contribution in [3.05, 3.63) is 35.1 Å². The zero-order valence-corrected chi connectivity index (χ0v) is 14.5. The second-order valence-electron chi connectivity index (χ2n) is 6.27. The lowest BCUT2D eigenvalue weighted by Gasteiger charge is -2.32. The molecular formula is C18H29FN4. The lowest BCUT2D eigenvalue weighted by Crippen LogP contribution is -2.48. The fraction of sp³-hybridized carbons (Fsp3) is 0.611. The Balaban J connectivity index is 1.78. The Morgan fingerprint density at radius 1 is 1.35 bits per heavy atom. The molecule has 4 nitrogen and oxygen atoms in total. The highest BCUT2D eigenvalue weighted by molar-refractivity contribution is 5.79. The number of halogens is 1. The Morgan fingerprint density at radius 3 is 2.70 bits per heavy atom. The van der Waals surface area contributed by atoms with Crippen molar-refractivity contribution in [2.24, 2.45) is 4.99 Å². The summed E-state index contributed by atoms with van der Waals surface area (Å²) in [5.41, 5.74) is 1.74. The maximum atomic E-state index is 13.3. The van der Waals surface area contributed by atoms with Crippen molar-refractivity contribution in [1.29, 1.82) is 0 Å². The predicted octanol–water partition coefficient (Wildman–Crippen LogP) is 2.67. The zero-order valence-electron chi connectivity index (χ0n) is 14.5. The lowest BCUT2D eigenvalue weighted by molar-refractivity contribution is 0.206. The number of piperidine rings is 1. The Labute approximate surface area is 139 Å². The molecule has 5 heteroatoms. The molecule has 0 spiro atoms. The first-order chi connectivity index (χ1) is 11.1. The Kier molecular flexibility index (Phi) is 6.84. The number of benzene rings is 1. The topological polar surface area (TPSA) is 39.7 Å². The first-order valence-corrected chi connectivity index (χ1v) is 8.57. The van der Waals surface area contributed by atoms with Crippen molar-refractivity contribution in [3.63, 3.8) is 0 Å². The van der Waals surface area contributed by atoms with Gasteiger partial charge in [-0.1, -0.05) is 19.1 Å². The maximum absolute atomic E-state index is 13.3. The number of nitrogens with one attached hydrogen (secondary N) is 2. The molecule has 1 fully saturated rings. The van der Waals surface area contributed by atoms with E-state index in [-0.39, 0.29) is 5.82 Å². The van der Waals surface area contributed by atoms with Crippen LogP contribution in [-0.4, -0.2) is 43.6 Å². The van der Waals surface area contributed by atoms with Crippen LogP contribution < -0.4 is 10.6 Å². The van der Waals surface area contributed by atoms with Gasteiger partial charge in [-0.15, -0.1) is 0 Å². The van der Waals surface area contributed by atoms with E-state index < -0.39 is 0 Å². The monoisotopic (exact) mass is 320 g/mol. The van der Waals surface area contributed by atoms with Crippen LogP contribution in [0.4, 0.5) is 4.39 Å². The minimum absolute atomic E-state index is 0.157. The summed E-state index contributed by atoms with van der Waals surface area (Å²) in [7, 11) is 1.79. The minimum Gasteiger partial charge on any atom is -0.354 e. The Hall–Kier alpha value is -1.62. The van der Waals surface area contributed by atoms with Crippen molar-refractivity contribution >= 4 is 5.96 Å². The third-order valence-corrected chi connectivity index (χ3v) is 4.37. The van der Waals surface area contributed by atoms with Gasteiger partial charge in [-0.3, -0.25) is 4.99 Å². The van der Waals surface area contributed by atoms with Crippen LogP contribution in [-0.2, 0) is 6.54 Å². The number of rotatable bonds is 5. The van der Waals surface area contributed by atoms with Crippen LogP contribution in [0.2, 0.25) is 0 Å². The number of guanidine groups is 1. The van der Waals surface area contributed by atoms with E-state index in [4.69, 9.17) is 0 Å². The SMILES string of the molecule is CCCN1CCC(NC(=NC)NCc2ccc(F)c(C)c2)CC1. The number of nitrogens with zero attached hydrogens (tertiary/aromatic N) is 2. The largest absolute Gasteiger partial charge is 0.354 e. The molecule has 0 amide bonds. The van der Waals surface area contributed by atoms with E-state index in [0.29, 0.717) is 18.2 Å². The van der Waals surface area contributed by atoms with E-state index in [0.717, 1.165) is 37.5 Å². The van der Waals surface area contributed by atoms with E-state index in [1.807, 2.05) is 12.1 Å². The number of hydrogen-bond acceptors (Lipinski definition) is 2. The summed E-state index contributed by atoms with van der Waals surface area (Å²) < 4.78 is 13.3. The molecule has 0 unspecified atom stereocenters. The number of aryl methyl sites for hydroxylation is 1. The van der Waals surface area contributed by atoms with Gasteiger partial charge < -0.3 is 15.5 Å². The average Bonchev–Trinajstić information content (AvgIpc) is 2.56. The van der Waals surface area contributed by atoms with Gasteiger partial charge in [0.2, 0.25) is 0 Å². The fourth-order valence-electron chi connectivity index (χ4n) is 3.01. The second kappa shape index (κ2) is 8.87. The summed E-state index contributed by atoms with van der Waals surface area (Å²) in [6, 6.07) is 5.68. The lowest BCUT2D eigenvalue weighted by atomic mass is 10.1. The van der Waals surface area contributed by atoms with Gasteiger partial charge in [-0.2, -0.15) is 0 Å². The van der Waals surface area contributed by atoms with Gasteiger partial charge in [0.1, 0.15) is 5.82 Å². The molecule has 2 N–H and O–H groups in total. The molecule has 2 rings (SSSR count). The van der Waals surface area contributed by atoms with Gasteiger partial charge >= 0.3 is 0 Å². The molecule has 1 aromatic carbocycles. The van der Waals surface area contributed by atoms with Crippen LogP contribution in [0.15, 0.2) is 23.2 Å². The van der Waals surface area contributed by atoms with Gasteiger partial charge in [-0.25, -0.2) is 4.39 Å². The normalized spacial score (nSPS) is 17.3. The van der Waals surface area contributed by atoms with Gasteiger partial charge in [-0.05, 0) is 49.9 Å². The molecule has 1 aliphatic rings. The molecule has 23 heavy (non-hydrogen) atoms. The molecule has 1 saturated heterocycles. The van der Waals surface area contributed by atoms with Crippen LogP contribution in [0, 0.1) is 12.7 Å². The van der Waals surface area contributed by atoms with Crippen LogP contribution >= 0.6 is 0 Å². The summed E-state index contributed by atoms with van der Waals surface area (Å²) >= 11 is 0. The molecule has 0 aliphatic carbocycles. The standard InChI is InChI=1S/C18H29FN4/c1-4-9-23-10-7-16(8-11-23)22-18(20-3)21-13-15-5-6-17(19)14(2)12-15/h5-6,12,16H,4,7-11,13H2,1-3H3,(H2,20,21,22). The highest BCUT2D eigenvalue weighted by Gasteiger charge is 2.19. The zero-order chi connectivity index (χ0) is 16.7. The Morgan fingerprint density at radius 2 is 2.09 bits per heavy atom. The summed E-state index contributed by atoms with van der Waals surface area (Å²) in [6.07, 6.45) is 3.52. The molecule has 1 heterocycles. The minimum atomic E-state index is -0.157. The van der Waals surface area contributed by atoms with E-state index >= 15 is 0 Å². The number of hydrogen-bond donors (Lipinski definition) is 2. The fourth-order valence-corrected chi connectivity index (χ4v) is 3.01. The van der Waals surface area contributed by atoms with E-state index in [1.165, 1.54) is 19.0 Å². The second-order valence-corrected chi connectivity index (χ2v) is 6.27. The van der Waals surface area contributed by atoms with Gasteiger partial charge in [0.05, 0.1) is 0 Å². The van der Waals surface area contributed by atoms with Crippen LogP contribution in [0.3, 0.4) is 0 Å². The van der Waals surface area contributed by atoms with E-state index in [9.17, 15) is 4.39 Å². The van der Waals surface area contributed by atoms with Crippen LogP contribution in [0.25, 0.3) is 0 Å². The summed E-state index contributed by atoms with van der Waals surface area (Å²) in [4.78, 5) is 6.82. The third kappa shape index (κ3) is 5.50. The van der Waals surface area contributed by atoms with Crippen molar-refractivity contribution in [1.82, 2.24) is 15.5 Å². The van der Waals surface area contributed by atoms with Crippen molar-refractivity contribution in [2.75, 3.05) is 26.7 Å². The first kappa shape index (κ1) is 17.7. The van der Waals surface area contributed by atoms with Crippen molar-refractivity contribution in [2.45, 2.75) is 45.7 Å². The van der Waals surface area contributed by atoms with Gasteiger partial charge in [0.15, 0.2) is 5.96 Å². The molecule has 0 bridgehead atoms. The number of likely N-dealkylation sites (tertiary alicyclic amines) is 1. The van der Waals surface area contributed by atoms with Gasteiger partial charge in [0, 0.05) is 32.7 Å². The van der Waals surface area contributed by atoms with E-state index in [2.05, 4.69) is 27.4 Å². The summed E-state index contributed by atoms with van der Waals surface area (Å²) in [5, 5.41) is 6.82. The average molecular weight is 320 g/mol. The molecule has 0 saturated carbocycles. The van der Waals surface area contributed by atoms with Crippen molar-refractivity contribution < 1.29 is 4.39 Å². The van der Waals surface area contributed by atoms with Crippen LogP contribution in [0.5, 0.6) is 0 Å². The summed E-state index contributed by atoms with van der Waals surface area (Å²) in [6.45, 7) is 8.17. The molecule has 0 aromatic heterocycles. The smallest absolute Gasteiger partial charge is 0.191 e. The van der Waals surface area contributed by atoms with Crippen molar-refractivity contribution in [3.8, 4) is 0 Å². The van der Waals surface area contributed by atoms with Gasteiger partial charge in [0.25, 0.3) is 0 Å².